The average molecular weight is 1480 g/mol. The minimum atomic E-state index is -1.98. The van der Waals surface area contributed by atoms with E-state index in [1.165, 1.54) is 231 Å². The van der Waals surface area contributed by atoms with Crippen molar-refractivity contribution in [3.8, 4) is 0 Å². The van der Waals surface area contributed by atoms with E-state index in [1.807, 2.05) is 6.08 Å². The van der Waals surface area contributed by atoms with Crippen molar-refractivity contribution in [2.75, 3.05) is 26.4 Å². The molecule has 104 heavy (non-hydrogen) atoms. The number of rotatable bonds is 67. The second kappa shape index (κ2) is 65.0. The molecular weight excluding hydrogens is 1320 g/mol. The second-order valence-electron chi connectivity index (χ2n) is 29.9. The first-order valence-corrected chi connectivity index (χ1v) is 42.2. The fourth-order valence-corrected chi connectivity index (χ4v) is 14.0. The predicted molar refractivity (Wildman–Crippen MR) is 415 cm³/mol. The highest BCUT2D eigenvalue weighted by Gasteiger charge is 2.54. The summed E-state index contributed by atoms with van der Waals surface area (Å²) in [6, 6.07) is -0.994. The van der Waals surface area contributed by atoms with Gasteiger partial charge in [-0.3, -0.25) is 4.79 Å². The third-order valence-corrected chi connectivity index (χ3v) is 20.7. The molecule has 19 nitrogen and oxygen atoms in total. The van der Waals surface area contributed by atoms with Crippen LogP contribution in [0.4, 0.5) is 0 Å². The molecule has 17 atom stereocenters. The first kappa shape index (κ1) is 95.4. The fraction of sp³-hybridized carbons (Fsp3) is 0.847. The van der Waals surface area contributed by atoms with Crippen LogP contribution in [-0.4, -0.2) is 193 Å². The van der Waals surface area contributed by atoms with E-state index in [4.69, 9.17) is 28.4 Å². The predicted octanol–water partition coefficient (Wildman–Crippen LogP) is 14.8. The molecule has 0 radical (unpaired) electrons. The highest BCUT2D eigenvalue weighted by atomic mass is 16.8. The lowest BCUT2D eigenvalue weighted by Crippen LogP contribution is -2.66. The topological polar surface area (TPSA) is 307 Å². The van der Waals surface area contributed by atoms with E-state index >= 15 is 0 Å². The number of hydrogen-bond donors (Lipinski definition) is 12. The lowest BCUT2D eigenvalue weighted by molar-refractivity contribution is -0.379. The van der Waals surface area contributed by atoms with Crippen LogP contribution in [0.15, 0.2) is 72.9 Å². The van der Waals surface area contributed by atoms with Crippen LogP contribution < -0.4 is 5.32 Å². The number of carbonyl (C=O) groups is 1. The summed E-state index contributed by atoms with van der Waals surface area (Å²) in [6.45, 7) is 1.65. The molecule has 3 heterocycles. The highest BCUT2D eigenvalue weighted by molar-refractivity contribution is 5.76. The third kappa shape index (κ3) is 44.2. The maximum atomic E-state index is 13.5. The third-order valence-electron chi connectivity index (χ3n) is 20.7. The maximum absolute atomic E-state index is 13.5. The second-order valence-corrected chi connectivity index (χ2v) is 29.9. The number of hydrogen-bond acceptors (Lipinski definition) is 18. The van der Waals surface area contributed by atoms with Crippen molar-refractivity contribution in [1.29, 1.82) is 0 Å². The molecular formula is C85H153NO18. The number of nitrogens with one attached hydrogen (secondary N) is 1. The summed E-state index contributed by atoms with van der Waals surface area (Å²) in [7, 11) is 0. The lowest BCUT2D eigenvalue weighted by atomic mass is 9.96. The summed E-state index contributed by atoms with van der Waals surface area (Å²) in [5.41, 5.74) is 0. The molecule has 3 rings (SSSR count). The van der Waals surface area contributed by atoms with Crippen LogP contribution in [-0.2, 0) is 33.2 Å². The van der Waals surface area contributed by atoms with Gasteiger partial charge in [-0.05, 0) is 70.6 Å². The monoisotopic (exact) mass is 1480 g/mol. The van der Waals surface area contributed by atoms with E-state index < -0.39 is 124 Å². The summed E-state index contributed by atoms with van der Waals surface area (Å²) in [4.78, 5) is 13.5. The van der Waals surface area contributed by atoms with Gasteiger partial charge in [0.1, 0.15) is 73.2 Å². The minimum absolute atomic E-state index is 0.235. The number of allylic oxidation sites excluding steroid dienone is 11. The van der Waals surface area contributed by atoms with Gasteiger partial charge in [-0.2, -0.15) is 0 Å². The number of amides is 1. The zero-order valence-electron chi connectivity index (χ0n) is 65.0. The average Bonchev–Trinajstić information content (AvgIpc) is 0.783. The van der Waals surface area contributed by atoms with Gasteiger partial charge in [0.15, 0.2) is 18.9 Å². The Hall–Kier alpha value is -2.77. The van der Waals surface area contributed by atoms with Crippen LogP contribution in [0.1, 0.15) is 328 Å². The molecule has 17 unspecified atom stereocenters. The number of unbranched alkanes of at least 4 members (excludes halogenated alkanes) is 41. The highest BCUT2D eigenvalue weighted by Crippen LogP contribution is 2.33. The Morgan fingerprint density at radius 3 is 1.08 bits per heavy atom. The molecule has 0 aromatic carbocycles. The molecule has 3 aliphatic rings. The van der Waals surface area contributed by atoms with E-state index in [9.17, 15) is 61.0 Å². The fourth-order valence-electron chi connectivity index (χ4n) is 14.0. The normalized spacial score (nSPS) is 26.3. The number of ether oxygens (including phenoxy) is 6. The molecule has 0 aromatic rings. The zero-order valence-corrected chi connectivity index (χ0v) is 65.0. The molecule has 0 aromatic heterocycles. The Bertz CT molecular complexity index is 2160. The summed E-state index contributed by atoms with van der Waals surface area (Å²) < 4.78 is 34.5. The lowest BCUT2D eigenvalue weighted by Gasteiger charge is -2.48. The van der Waals surface area contributed by atoms with E-state index in [1.54, 1.807) is 6.08 Å². The first-order valence-electron chi connectivity index (χ1n) is 42.2. The van der Waals surface area contributed by atoms with Gasteiger partial charge in [0, 0.05) is 6.42 Å². The van der Waals surface area contributed by atoms with Crippen LogP contribution in [0.5, 0.6) is 0 Å². The van der Waals surface area contributed by atoms with Gasteiger partial charge in [-0.25, -0.2) is 0 Å². The van der Waals surface area contributed by atoms with Gasteiger partial charge >= 0.3 is 0 Å². The van der Waals surface area contributed by atoms with E-state index in [-0.39, 0.29) is 18.9 Å². The summed E-state index contributed by atoms with van der Waals surface area (Å²) >= 11 is 0. The standard InChI is InChI=1S/C85H153NO18/c1-3-5-7-9-11-13-15-17-19-21-23-25-27-29-31-33-34-35-37-39-41-43-45-47-49-51-53-55-57-59-61-63-73(91)86-68(69(90)62-60-58-56-54-52-50-48-46-44-42-40-38-36-32-30-28-26-24-22-20-18-16-14-12-10-8-6-4-2)67-99-83-79(97)76(94)81(71(65-88)101-83)104-85-80(98)77(95)82(72(66-89)102-85)103-84-78(96)75(93)74(92)70(64-87)100-84/h5,7,11,13,17,19,23,25,52,54,60,62,68-72,74-85,87-90,92-98H,3-4,6,8-10,12,14-16,18,20-22,24,26-51,53,55-59,61,63-67H2,1-2H3,(H,86,91)/b7-5-,13-11-,19-17-,25-23-,54-52+,62-60+. The molecule has 0 saturated carbocycles. The Labute approximate surface area is 629 Å². The number of carbonyl (C=O) groups excluding carboxylic acids is 1. The van der Waals surface area contributed by atoms with Gasteiger partial charge < -0.3 is 89.9 Å². The number of aliphatic hydroxyl groups excluding tert-OH is 11. The molecule has 0 bridgehead atoms. The zero-order chi connectivity index (χ0) is 75.3. The van der Waals surface area contributed by atoms with Crippen molar-refractivity contribution < 1.29 is 89.4 Å². The molecule has 19 heteroatoms. The molecule has 0 aliphatic carbocycles. The van der Waals surface area contributed by atoms with Crippen molar-refractivity contribution >= 4 is 5.91 Å². The molecule has 12 N–H and O–H groups in total. The molecule has 3 aliphatic heterocycles. The Morgan fingerprint density at radius 2 is 0.673 bits per heavy atom. The van der Waals surface area contributed by atoms with Gasteiger partial charge in [0.25, 0.3) is 0 Å². The van der Waals surface area contributed by atoms with E-state index in [0.717, 1.165) is 64.2 Å². The summed E-state index contributed by atoms with van der Waals surface area (Å²) in [5.74, 6) is -0.282. The molecule has 606 valence electrons. The van der Waals surface area contributed by atoms with Crippen LogP contribution >= 0.6 is 0 Å². The van der Waals surface area contributed by atoms with Crippen molar-refractivity contribution in [2.45, 2.75) is 433 Å². The van der Waals surface area contributed by atoms with E-state index in [0.29, 0.717) is 12.8 Å². The van der Waals surface area contributed by atoms with Crippen molar-refractivity contribution in [3.05, 3.63) is 72.9 Å². The SMILES string of the molecule is CC/C=C\C/C=C\C/C=C\C/C=C\CCCCCCCCCCCCCCCCCCCCC(=O)NC(COC1OC(CO)C(OC2OC(CO)C(OC3OC(CO)C(O)C(O)C3O)C(O)C2O)C(O)C1O)C(O)/C=C/CC/C=C/CCCCCCCCCCCCCCCCCCCCCCCC. The smallest absolute Gasteiger partial charge is 0.220 e. The largest absolute Gasteiger partial charge is 0.394 e. The van der Waals surface area contributed by atoms with Crippen molar-refractivity contribution in [3.63, 3.8) is 0 Å². The number of aliphatic hydroxyl groups is 11. The van der Waals surface area contributed by atoms with Gasteiger partial charge in [-0.15, -0.1) is 0 Å². The summed E-state index contributed by atoms with van der Waals surface area (Å²) in [6.07, 6.45) is 59.0. The summed E-state index contributed by atoms with van der Waals surface area (Å²) in [5, 5.41) is 121. The minimum Gasteiger partial charge on any atom is -0.394 e. The van der Waals surface area contributed by atoms with Crippen LogP contribution in [0.3, 0.4) is 0 Å². The van der Waals surface area contributed by atoms with Gasteiger partial charge in [0.2, 0.25) is 5.91 Å². The molecule has 3 saturated heterocycles. The van der Waals surface area contributed by atoms with Gasteiger partial charge in [0.05, 0.1) is 38.6 Å². The van der Waals surface area contributed by atoms with Crippen molar-refractivity contribution in [2.24, 2.45) is 0 Å². The Morgan fingerprint density at radius 1 is 0.356 bits per heavy atom. The van der Waals surface area contributed by atoms with Gasteiger partial charge in [-0.1, -0.05) is 324 Å². The first-order chi connectivity index (χ1) is 50.8. The quantitative estimate of drug-likeness (QED) is 0.0199. The molecule has 1 amide bonds. The van der Waals surface area contributed by atoms with Crippen molar-refractivity contribution in [1.82, 2.24) is 5.32 Å². The molecule has 0 spiro atoms. The van der Waals surface area contributed by atoms with E-state index in [2.05, 4.69) is 79.9 Å². The molecule has 3 fully saturated rings. The Balaban J connectivity index is 1.36. The van der Waals surface area contributed by atoms with Crippen LogP contribution in [0.2, 0.25) is 0 Å². The van der Waals surface area contributed by atoms with Crippen LogP contribution in [0.25, 0.3) is 0 Å². The Kier molecular flexibility index (Phi) is 59.6. The maximum Gasteiger partial charge on any atom is 0.220 e. The van der Waals surface area contributed by atoms with Crippen LogP contribution in [0, 0.1) is 0 Å².